The summed E-state index contributed by atoms with van der Waals surface area (Å²) in [6.45, 7) is 13.6. The van der Waals surface area contributed by atoms with E-state index in [2.05, 4.69) is 112 Å². The topological polar surface area (TPSA) is 0 Å². The highest BCUT2D eigenvalue weighted by Gasteiger charge is 2.19. The van der Waals surface area contributed by atoms with Gasteiger partial charge in [-0.1, -0.05) is 100.0 Å². The molecule has 122 valence electrons. The van der Waals surface area contributed by atoms with Crippen LogP contribution >= 0.6 is 15.9 Å². The van der Waals surface area contributed by atoms with E-state index >= 15 is 0 Å². The van der Waals surface area contributed by atoms with E-state index in [1.165, 1.54) is 22.3 Å². The van der Waals surface area contributed by atoms with E-state index in [0.29, 0.717) is 0 Å². The molecular formula is C22H27Br. The molecule has 0 aromatic heterocycles. The average molecular weight is 371 g/mol. The molecule has 0 atom stereocenters. The minimum Gasteiger partial charge on any atom is -0.0561 e. The Kier molecular flexibility index (Phi) is 5.20. The van der Waals surface area contributed by atoms with Gasteiger partial charge in [0.05, 0.1) is 0 Å². The van der Waals surface area contributed by atoms with Gasteiger partial charge >= 0.3 is 0 Å². The van der Waals surface area contributed by atoms with Gasteiger partial charge in [-0.05, 0) is 45.2 Å². The normalized spacial score (nSPS) is 12.8. The van der Waals surface area contributed by atoms with Gasteiger partial charge in [-0.2, -0.15) is 0 Å². The molecule has 0 heterocycles. The smallest absolute Gasteiger partial charge is 0.0175 e. The first-order valence-corrected chi connectivity index (χ1v) is 8.95. The summed E-state index contributed by atoms with van der Waals surface area (Å²) in [5, 5.41) is 0. The largest absolute Gasteiger partial charge is 0.0561 e. The number of hydrogen-bond acceptors (Lipinski definition) is 0. The van der Waals surface area contributed by atoms with Crippen LogP contribution in [0, 0.1) is 0 Å². The molecule has 0 aliphatic carbocycles. The molecule has 0 bridgehead atoms. The summed E-state index contributed by atoms with van der Waals surface area (Å²) < 4.78 is 1.11. The first-order valence-electron chi connectivity index (χ1n) is 8.15. The molecule has 0 fully saturated rings. The van der Waals surface area contributed by atoms with Crippen molar-refractivity contribution in [2.75, 3.05) is 0 Å². The summed E-state index contributed by atoms with van der Waals surface area (Å²) in [6, 6.07) is 15.4. The van der Waals surface area contributed by atoms with Crippen molar-refractivity contribution in [3.8, 4) is 0 Å². The van der Waals surface area contributed by atoms with Crippen LogP contribution < -0.4 is 0 Å². The molecule has 23 heavy (non-hydrogen) atoms. The highest BCUT2D eigenvalue weighted by molar-refractivity contribution is 9.10. The number of rotatable bonds is 2. The van der Waals surface area contributed by atoms with Crippen LogP contribution in [0.3, 0.4) is 0 Å². The molecule has 0 amide bonds. The van der Waals surface area contributed by atoms with Crippen molar-refractivity contribution in [1.29, 1.82) is 0 Å². The lowest BCUT2D eigenvalue weighted by atomic mass is 9.79. The lowest BCUT2D eigenvalue weighted by Crippen LogP contribution is -2.16. The van der Waals surface area contributed by atoms with E-state index in [1.807, 2.05) is 0 Å². The molecule has 0 N–H and O–H groups in total. The molecule has 0 aliphatic heterocycles. The second kappa shape index (κ2) is 6.65. The first-order chi connectivity index (χ1) is 10.6. The van der Waals surface area contributed by atoms with Crippen molar-refractivity contribution in [3.05, 3.63) is 69.2 Å². The zero-order chi connectivity index (χ0) is 17.3. The number of benzene rings is 2. The Balaban J connectivity index is 2.43. The molecule has 0 saturated heterocycles. The van der Waals surface area contributed by atoms with Gasteiger partial charge in [-0.15, -0.1) is 0 Å². The van der Waals surface area contributed by atoms with Crippen molar-refractivity contribution < 1.29 is 0 Å². The maximum absolute atomic E-state index is 3.48. The summed E-state index contributed by atoms with van der Waals surface area (Å²) in [6.07, 6.45) is 4.40. The van der Waals surface area contributed by atoms with Crippen molar-refractivity contribution in [1.82, 2.24) is 0 Å². The van der Waals surface area contributed by atoms with Crippen molar-refractivity contribution >= 4 is 28.1 Å². The maximum Gasteiger partial charge on any atom is 0.0175 e. The van der Waals surface area contributed by atoms with Crippen LogP contribution in [-0.4, -0.2) is 0 Å². The Labute approximate surface area is 149 Å². The van der Waals surface area contributed by atoms with Gasteiger partial charge in [-0.3, -0.25) is 0 Å². The molecule has 0 saturated carbocycles. The lowest BCUT2D eigenvalue weighted by Gasteiger charge is -2.25. The summed E-state index contributed by atoms with van der Waals surface area (Å²) in [5.74, 6) is 0. The van der Waals surface area contributed by atoms with Gasteiger partial charge < -0.3 is 0 Å². The minimum atomic E-state index is 0.154. The fourth-order valence-electron chi connectivity index (χ4n) is 2.38. The van der Waals surface area contributed by atoms with Crippen LogP contribution in [0.15, 0.2) is 46.9 Å². The molecule has 0 aliphatic rings. The van der Waals surface area contributed by atoms with Crippen LogP contribution in [0.2, 0.25) is 0 Å². The molecule has 0 unspecified atom stereocenters. The Morgan fingerprint density at radius 3 is 1.52 bits per heavy atom. The fraction of sp³-hybridized carbons (Fsp3) is 0.364. The van der Waals surface area contributed by atoms with Crippen LogP contribution in [0.25, 0.3) is 12.2 Å². The second-order valence-corrected chi connectivity index (χ2v) is 9.14. The van der Waals surface area contributed by atoms with E-state index in [-0.39, 0.29) is 10.8 Å². The zero-order valence-corrected chi connectivity index (χ0v) is 16.7. The molecular weight excluding hydrogens is 344 g/mol. The number of halogens is 1. The predicted octanol–water partition coefficient (Wildman–Crippen LogP) is 7.21. The van der Waals surface area contributed by atoms with Gasteiger partial charge in [-0.25, -0.2) is 0 Å². The Morgan fingerprint density at radius 2 is 1.09 bits per heavy atom. The molecule has 2 aromatic carbocycles. The lowest BCUT2D eigenvalue weighted by molar-refractivity contribution is 0.568. The predicted molar refractivity (Wildman–Crippen MR) is 107 cm³/mol. The van der Waals surface area contributed by atoms with E-state index in [4.69, 9.17) is 0 Å². The molecule has 0 nitrogen and oxygen atoms in total. The van der Waals surface area contributed by atoms with E-state index < -0.39 is 0 Å². The van der Waals surface area contributed by atoms with Gasteiger partial charge in [0.15, 0.2) is 0 Å². The average Bonchev–Trinajstić information content (AvgIpc) is 2.44. The number of hydrogen-bond donors (Lipinski definition) is 0. The van der Waals surface area contributed by atoms with Crippen molar-refractivity contribution in [3.63, 3.8) is 0 Å². The molecule has 2 aromatic rings. The Morgan fingerprint density at radius 1 is 0.652 bits per heavy atom. The minimum absolute atomic E-state index is 0.154. The van der Waals surface area contributed by atoms with Gasteiger partial charge in [0.2, 0.25) is 0 Å². The van der Waals surface area contributed by atoms with Gasteiger partial charge in [0.25, 0.3) is 0 Å². The third-order valence-corrected chi connectivity index (χ3v) is 4.55. The van der Waals surface area contributed by atoms with Gasteiger partial charge in [0.1, 0.15) is 0 Å². The van der Waals surface area contributed by atoms with Crippen LogP contribution in [-0.2, 0) is 10.8 Å². The van der Waals surface area contributed by atoms with Crippen molar-refractivity contribution in [2.24, 2.45) is 0 Å². The quantitative estimate of drug-likeness (QED) is 0.489. The highest BCUT2D eigenvalue weighted by Crippen LogP contribution is 2.31. The van der Waals surface area contributed by atoms with Crippen LogP contribution in [0.4, 0.5) is 0 Å². The summed E-state index contributed by atoms with van der Waals surface area (Å²) in [5.41, 5.74) is 5.57. The first kappa shape index (κ1) is 18.0. The zero-order valence-electron chi connectivity index (χ0n) is 15.1. The molecule has 1 heteroatoms. The summed E-state index contributed by atoms with van der Waals surface area (Å²) in [7, 11) is 0. The van der Waals surface area contributed by atoms with Crippen LogP contribution in [0.5, 0.6) is 0 Å². The molecule has 2 rings (SSSR count). The van der Waals surface area contributed by atoms with Gasteiger partial charge in [0, 0.05) is 4.47 Å². The highest BCUT2D eigenvalue weighted by atomic mass is 79.9. The Hall–Kier alpha value is -1.34. The van der Waals surface area contributed by atoms with E-state index in [9.17, 15) is 0 Å². The monoisotopic (exact) mass is 370 g/mol. The SMILES string of the molecule is CC(C)(C)c1cc(/C=C/c2ccc(Br)cc2)cc(C(C)(C)C)c1. The standard InChI is InChI=1S/C22H27Br/c1-21(2,3)18-13-17(14-19(15-18)22(4,5)6)8-7-16-9-11-20(23)12-10-16/h7-15H,1-6H3/b8-7+. The third-order valence-electron chi connectivity index (χ3n) is 4.03. The Bertz CT molecular complexity index is 660. The van der Waals surface area contributed by atoms with E-state index in [0.717, 1.165) is 4.47 Å². The summed E-state index contributed by atoms with van der Waals surface area (Å²) >= 11 is 3.48. The van der Waals surface area contributed by atoms with Crippen LogP contribution in [0.1, 0.15) is 63.8 Å². The molecule has 0 spiro atoms. The fourth-order valence-corrected chi connectivity index (χ4v) is 2.64. The van der Waals surface area contributed by atoms with E-state index in [1.54, 1.807) is 0 Å². The summed E-state index contributed by atoms with van der Waals surface area (Å²) in [4.78, 5) is 0. The third kappa shape index (κ3) is 5.07. The maximum atomic E-state index is 3.48. The molecule has 0 radical (unpaired) electrons. The van der Waals surface area contributed by atoms with Crippen molar-refractivity contribution in [2.45, 2.75) is 52.4 Å². The second-order valence-electron chi connectivity index (χ2n) is 8.23.